The van der Waals surface area contributed by atoms with E-state index in [1.807, 2.05) is 25.1 Å². The number of hydroxylamine groups is 2. The Morgan fingerprint density at radius 3 is 2.42 bits per heavy atom. The van der Waals surface area contributed by atoms with Crippen molar-refractivity contribution >= 4 is 21.7 Å². The third kappa shape index (κ3) is 3.74. The Labute approximate surface area is 158 Å². The predicted molar refractivity (Wildman–Crippen MR) is 98.9 cm³/mol. The van der Waals surface area contributed by atoms with Crippen molar-refractivity contribution in [2.75, 3.05) is 13.1 Å². The highest BCUT2D eigenvalue weighted by Crippen LogP contribution is 2.45. The van der Waals surface area contributed by atoms with Gasteiger partial charge in [0.25, 0.3) is 0 Å². The summed E-state index contributed by atoms with van der Waals surface area (Å²) in [6, 6.07) is 12.4. The van der Waals surface area contributed by atoms with E-state index in [-0.39, 0.29) is 11.0 Å². The van der Waals surface area contributed by atoms with Gasteiger partial charge in [-0.2, -0.15) is 17.8 Å². The molecule has 2 fully saturated rings. The van der Waals surface area contributed by atoms with Crippen molar-refractivity contribution in [3.05, 3.63) is 58.6 Å². The van der Waals surface area contributed by atoms with Crippen LogP contribution in [0.3, 0.4) is 0 Å². The van der Waals surface area contributed by atoms with Gasteiger partial charge in [0.2, 0.25) is 0 Å². The van der Waals surface area contributed by atoms with Gasteiger partial charge in [0.1, 0.15) is 11.9 Å². The normalized spacial score (nSPS) is 18.5. The van der Waals surface area contributed by atoms with Crippen molar-refractivity contribution in [3.8, 4) is 5.75 Å². The van der Waals surface area contributed by atoms with Crippen LogP contribution in [0.1, 0.15) is 29.9 Å². The fourth-order valence-electron chi connectivity index (χ4n) is 2.93. The average Bonchev–Trinajstić information content (AvgIpc) is 3.39. The Kier molecular flexibility index (Phi) is 4.69. The third-order valence-electron chi connectivity index (χ3n) is 4.63. The molecule has 5 nitrogen and oxygen atoms in total. The Morgan fingerprint density at radius 2 is 1.77 bits per heavy atom. The summed E-state index contributed by atoms with van der Waals surface area (Å²) in [5.41, 5.74) is 2.13. The van der Waals surface area contributed by atoms with Gasteiger partial charge in [-0.3, -0.25) is 0 Å². The van der Waals surface area contributed by atoms with E-state index < -0.39 is 10.1 Å². The van der Waals surface area contributed by atoms with E-state index >= 15 is 0 Å². The van der Waals surface area contributed by atoms with Crippen molar-refractivity contribution < 1.29 is 17.4 Å². The quantitative estimate of drug-likeness (QED) is 0.744. The number of hydrogen-bond donors (Lipinski definition) is 0. The number of benzene rings is 2. The Balaban J connectivity index is 1.34. The molecule has 4 rings (SSSR count). The summed E-state index contributed by atoms with van der Waals surface area (Å²) in [5, 5.41) is 2.06. The largest absolute Gasteiger partial charge is 0.486 e. The lowest BCUT2D eigenvalue weighted by atomic mass is 10.1. The maximum absolute atomic E-state index is 12.3. The molecule has 2 aromatic rings. The molecule has 0 aromatic heterocycles. The molecule has 0 radical (unpaired) electrons. The summed E-state index contributed by atoms with van der Waals surface area (Å²) in [5.74, 6) is 1.20. The van der Waals surface area contributed by atoms with Gasteiger partial charge >= 0.3 is 10.1 Å². The van der Waals surface area contributed by atoms with Gasteiger partial charge in [-0.25, -0.2) is 0 Å². The van der Waals surface area contributed by atoms with Crippen molar-refractivity contribution in [1.29, 1.82) is 0 Å². The maximum atomic E-state index is 12.3. The first-order chi connectivity index (χ1) is 12.4. The number of nitrogens with zero attached hydrogens (tertiary/aromatic N) is 1. The first-order valence-electron chi connectivity index (χ1n) is 8.64. The van der Waals surface area contributed by atoms with E-state index in [1.54, 1.807) is 24.3 Å². The summed E-state index contributed by atoms with van der Waals surface area (Å²) in [7, 11) is -3.81. The van der Waals surface area contributed by atoms with E-state index in [1.165, 1.54) is 17.9 Å². The minimum atomic E-state index is -3.81. The van der Waals surface area contributed by atoms with Gasteiger partial charge in [0.05, 0.1) is 23.0 Å². The fraction of sp³-hybridized carbons (Fsp3) is 0.368. The lowest BCUT2D eigenvalue weighted by Crippen LogP contribution is -2.54. The molecular weight excluding hydrogens is 374 g/mol. The molecule has 1 saturated heterocycles. The summed E-state index contributed by atoms with van der Waals surface area (Å²) in [6.45, 7) is 2.64. The molecule has 2 aromatic carbocycles. The van der Waals surface area contributed by atoms with Crippen molar-refractivity contribution in [1.82, 2.24) is 5.06 Å². The van der Waals surface area contributed by atoms with Crippen LogP contribution in [-0.2, 0) is 14.4 Å². The van der Waals surface area contributed by atoms with Crippen LogP contribution in [0.4, 0.5) is 0 Å². The molecule has 0 bridgehead atoms. The first kappa shape index (κ1) is 17.8. The number of rotatable bonds is 6. The van der Waals surface area contributed by atoms with E-state index in [4.69, 9.17) is 20.6 Å². The summed E-state index contributed by atoms with van der Waals surface area (Å²) < 4.78 is 35.6. The van der Waals surface area contributed by atoms with E-state index in [9.17, 15) is 8.42 Å². The van der Waals surface area contributed by atoms with Crippen LogP contribution in [-0.4, -0.2) is 32.7 Å². The molecule has 0 N–H and O–H groups in total. The summed E-state index contributed by atoms with van der Waals surface area (Å²) in [6.07, 6.45) is 2.20. The smallest absolute Gasteiger partial charge is 0.313 e. The zero-order chi connectivity index (χ0) is 18.3. The Morgan fingerprint density at radius 1 is 1.08 bits per heavy atom. The first-order valence-corrected chi connectivity index (χ1v) is 10.4. The lowest BCUT2D eigenvalue weighted by Gasteiger charge is -2.37. The van der Waals surface area contributed by atoms with Crippen LogP contribution in [0.5, 0.6) is 5.75 Å². The van der Waals surface area contributed by atoms with Gasteiger partial charge in [-0.15, -0.1) is 0 Å². The second-order valence-electron chi connectivity index (χ2n) is 6.86. The van der Waals surface area contributed by atoms with Crippen molar-refractivity contribution in [3.63, 3.8) is 0 Å². The molecule has 0 spiro atoms. The van der Waals surface area contributed by atoms with Gasteiger partial charge in [0.15, 0.2) is 0 Å². The Bertz CT molecular complexity index is 904. The molecule has 138 valence electrons. The summed E-state index contributed by atoms with van der Waals surface area (Å²) >= 11 is 6.44. The van der Waals surface area contributed by atoms with Crippen molar-refractivity contribution in [2.24, 2.45) is 0 Å². The highest BCUT2D eigenvalue weighted by atomic mass is 35.5. The van der Waals surface area contributed by atoms with Crippen LogP contribution < -0.4 is 4.74 Å². The minimum Gasteiger partial charge on any atom is -0.486 e. The standard InChI is InChI=1S/C19H20ClNO4S/c1-13-5-9-16(10-6-13)26(22,23)25-21-11-15(12-21)24-18-4-2-3-17(19(18)20)14-7-8-14/h2-6,9-10,14-15H,7-8,11-12H2,1H3. The number of aryl methyl sites for hydroxylation is 1. The molecule has 0 atom stereocenters. The predicted octanol–water partition coefficient (Wildman–Crippen LogP) is 3.91. The second-order valence-corrected chi connectivity index (χ2v) is 8.77. The highest BCUT2D eigenvalue weighted by molar-refractivity contribution is 7.86. The van der Waals surface area contributed by atoms with Gasteiger partial charge in [0, 0.05) is 0 Å². The minimum absolute atomic E-state index is 0.143. The van der Waals surface area contributed by atoms with Crippen LogP contribution in [0.15, 0.2) is 47.4 Å². The molecule has 1 aliphatic heterocycles. The molecule has 2 aliphatic rings. The van der Waals surface area contributed by atoms with Gasteiger partial charge < -0.3 is 4.74 Å². The molecule has 0 amide bonds. The van der Waals surface area contributed by atoms with Crippen molar-refractivity contribution in [2.45, 2.75) is 36.7 Å². The highest BCUT2D eigenvalue weighted by Gasteiger charge is 2.35. The zero-order valence-corrected chi connectivity index (χ0v) is 16.0. The number of halogens is 1. The molecule has 0 unspecified atom stereocenters. The topological polar surface area (TPSA) is 55.8 Å². The average molecular weight is 394 g/mol. The Hall–Kier alpha value is -1.60. The van der Waals surface area contributed by atoms with E-state index in [2.05, 4.69) is 0 Å². The van der Waals surface area contributed by atoms with Crippen LogP contribution in [0.2, 0.25) is 5.02 Å². The second kappa shape index (κ2) is 6.85. The number of ether oxygens (including phenoxy) is 1. The van der Waals surface area contributed by atoms with Crippen LogP contribution in [0, 0.1) is 6.92 Å². The molecule has 26 heavy (non-hydrogen) atoms. The molecule has 1 aliphatic carbocycles. The zero-order valence-electron chi connectivity index (χ0n) is 14.4. The monoisotopic (exact) mass is 393 g/mol. The molecule has 7 heteroatoms. The fourth-order valence-corrected chi connectivity index (χ4v) is 4.21. The maximum Gasteiger partial charge on any atom is 0.313 e. The summed E-state index contributed by atoms with van der Waals surface area (Å²) in [4.78, 5) is 0.146. The molecule has 1 heterocycles. The number of hydrogen-bond acceptors (Lipinski definition) is 5. The van der Waals surface area contributed by atoms with Gasteiger partial charge in [-0.05, 0) is 49.4 Å². The SMILES string of the molecule is Cc1ccc(S(=O)(=O)ON2CC(Oc3cccc(C4CC4)c3Cl)C2)cc1. The van der Waals surface area contributed by atoms with E-state index in [0.29, 0.717) is 29.8 Å². The van der Waals surface area contributed by atoms with Crippen LogP contribution >= 0.6 is 11.6 Å². The van der Waals surface area contributed by atoms with Crippen LogP contribution in [0.25, 0.3) is 0 Å². The molecule has 1 saturated carbocycles. The molecular formula is C19H20ClNO4S. The van der Waals surface area contributed by atoms with Gasteiger partial charge in [-0.1, -0.05) is 41.4 Å². The lowest BCUT2D eigenvalue weighted by molar-refractivity contribution is -0.154. The third-order valence-corrected chi connectivity index (χ3v) is 6.29. The van der Waals surface area contributed by atoms with E-state index in [0.717, 1.165) is 11.1 Å².